The number of quaternary nitrogens is 1. The van der Waals surface area contributed by atoms with E-state index in [1.807, 2.05) is 31.6 Å². The van der Waals surface area contributed by atoms with Gasteiger partial charge >= 0.3 is 0 Å². The number of ketones is 1. The Hall–Kier alpha value is -2.35. The van der Waals surface area contributed by atoms with E-state index in [0.29, 0.717) is 12.3 Å². The molecule has 1 amide bonds. The molecule has 6 nitrogen and oxygen atoms in total. The predicted molar refractivity (Wildman–Crippen MR) is 111 cm³/mol. The molecule has 0 radical (unpaired) electrons. The Bertz CT molecular complexity index is 940. The molecule has 0 aliphatic carbocycles. The minimum absolute atomic E-state index is 0.0177. The Morgan fingerprint density at radius 3 is 2.66 bits per heavy atom. The lowest BCUT2D eigenvalue weighted by Crippen LogP contribution is -3.05. The predicted octanol–water partition coefficient (Wildman–Crippen LogP) is 1.17. The third kappa shape index (κ3) is 4.32. The Morgan fingerprint density at radius 1 is 1.31 bits per heavy atom. The number of nitrogens with zero attached hydrogens (tertiary/aromatic N) is 1. The zero-order valence-corrected chi connectivity index (χ0v) is 18.1. The molecule has 2 aromatic rings. The summed E-state index contributed by atoms with van der Waals surface area (Å²) in [5.41, 5.74) is 0.240. The maximum Gasteiger partial charge on any atom is 0.295 e. The number of carbonyl (C=O) groups is 2. The van der Waals surface area contributed by atoms with Crippen LogP contribution in [0.15, 0.2) is 41.3 Å². The van der Waals surface area contributed by atoms with Crippen LogP contribution in [0.5, 0.6) is 5.75 Å². The second kappa shape index (κ2) is 8.98. The zero-order chi connectivity index (χ0) is 21.1. The Morgan fingerprint density at radius 2 is 2.07 bits per heavy atom. The lowest BCUT2D eigenvalue weighted by Gasteiger charge is -2.26. The molecule has 8 heteroatoms. The highest BCUT2D eigenvalue weighted by Gasteiger charge is 2.44. The second-order valence-corrected chi connectivity index (χ2v) is 8.53. The van der Waals surface area contributed by atoms with Crippen molar-refractivity contribution in [2.75, 3.05) is 34.3 Å². The zero-order valence-electron chi connectivity index (χ0n) is 16.5. The van der Waals surface area contributed by atoms with Gasteiger partial charge in [-0.05, 0) is 29.1 Å². The Balaban J connectivity index is 2.05. The van der Waals surface area contributed by atoms with Crippen molar-refractivity contribution < 1.29 is 24.3 Å². The number of rotatable bonds is 7. The Labute approximate surface area is 179 Å². The van der Waals surface area contributed by atoms with Crippen LogP contribution in [0.3, 0.4) is 0 Å². The van der Waals surface area contributed by atoms with Crippen LogP contribution in [0.1, 0.15) is 22.9 Å². The SMILES string of the molecule is COc1ccc(C([O-])=C2C(=O)C(=O)N(CCC[NH+](C)C)C2c2cccs2)cc1Cl. The molecule has 1 unspecified atom stereocenters. The number of likely N-dealkylation sites (tertiary alicyclic amines) is 1. The molecule has 3 rings (SSSR count). The van der Waals surface area contributed by atoms with E-state index >= 15 is 0 Å². The van der Waals surface area contributed by atoms with Gasteiger partial charge in [0, 0.05) is 23.4 Å². The highest BCUT2D eigenvalue weighted by atomic mass is 35.5. The largest absolute Gasteiger partial charge is 0.872 e. The molecule has 1 N–H and O–H groups in total. The fourth-order valence-electron chi connectivity index (χ4n) is 3.41. The van der Waals surface area contributed by atoms with E-state index in [1.54, 1.807) is 12.1 Å². The number of halogens is 1. The molecule has 0 saturated carbocycles. The number of methoxy groups -OCH3 is 1. The van der Waals surface area contributed by atoms with Crippen LogP contribution in [0.2, 0.25) is 5.02 Å². The van der Waals surface area contributed by atoms with Gasteiger partial charge in [0.05, 0.1) is 38.8 Å². The molecule has 154 valence electrons. The molecule has 1 aromatic carbocycles. The van der Waals surface area contributed by atoms with Crippen molar-refractivity contribution in [3.05, 3.63) is 56.7 Å². The highest BCUT2D eigenvalue weighted by molar-refractivity contribution is 7.10. The molecule has 1 fully saturated rings. The highest BCUT2D eigenvalue weighted by Crippen LogP contribution is 2.41. The van der Waals surface area contributed by atoms with E-state index in [-0.39, 0.29) is 16.2 Å². The molecule has 1 aromatic heterocycles. The van der Waals surface area contributed by atoms with Crippen LogP contribution in [-0.4, -0.2) is 50.9 Å². The van der Waals surface area contributed by atoms with E-state index in [0.717, 1.165) is 17.8 Å². The second-order valence-electron chi connectivity index (χ2n) is 7.15. The van der Waals surface area contributed by atoms with Crippen LogP contribution in [0.4, 0.5) is 0 Å². The lowest BCUT2D eigenvalue weighted by molar-refractivity contribution is -0.858. The smallest absolute Gasteiger partial charge is 0.295 e. The number of Topliss-reactive ketones (excluding diaryl/α,β-unsaturated/α-hetero) is 1. The summed E-state index contributed by atoms with van der Waals surface area (Å²) in [6.45, 7) is 1.27. The molecule has 1 atom stereocenters. The maximum atomic E-state index is 13.3. The van der Waals surface area contributed by atoms with E-state index in [4.69, 9.17) is 16.3 Å². The molecular formula is C21H23ClN2O4S. The summed E-state index contributed by atoms with van der Waals surface area (Å²) in [5.74, 6) is -1.41. The summed E-state index contributed by atoms with van der Waals surface area (Å²) in [4.78, 5) is 29.2. The van der Waals surface area contributed by atoms with Crippen molar-refractivity contribution in [1.29, 1.82) is 0 Å². The number of hydrogen-bond donors (Lipinski definition) is 1. The molecule has 1 aliphatic rings. The summed E-state index contributed by atoms with van der Waals surface area (Å²) in [6.07, 6.45) is 0.735. The minimum atomic E-state index is -0.738. The first-order valence-electron chi connectivity index (χ1n) is 9.28. The Kier molecular flexibility index (Phi) is 6.62. The van der Waals surface area contributed by atoms with Crippen molar-refractivity contribution >= 4 is 40.4 Å². The van der Waals surface area contributed by atoms with Gasteiger partial charge in [0.1, 0.15) is 5.75 Å². The van der Waals surface area contributed by atoms with Crippen LogP contribution in [0, 0.1) is 0 Å². The number of carbonyl (C=O) groups excluding carboxylic acids is 2. The van der Waals surface area contributed by atoms with Crippen LogP contribution >= 0.6 is 22.9 Å². The van der Waals surface area contributed by atoms with E-state index in [9.17, 15) is 14.7 Å². The van der Waals surface area contributed by atoms with Crippen LogP contribution in [0.25, 0.3) is 5.76 Å². The number of benzene rings is 1. The monoisotopic (exact) mass is 434 g/mol. The summed E-state index contributed by atoms with van der Waals surface area (Å²) < 4.78 is 5.12. The van der Waals surface area contributed by atoms with E-state index in [1.165, 1.54) is 34.3 Å². The van der Waals surface area contributed by atoms with Gasteiger partial charge in [-0.3, -0.25) is 9.59 Å². The lowest BCUT2D eigenvalue weighted by atomic mass is 9.99. The van der Waals surface area contributed by atoms with Gasteiger partial charge in [0.2, 0.25) is 5.78 Å². The van der Waals surface area contributed by atoms with E-state index < -0.39 is 23.5 Å². The molecule has 2 heterocycles. The molecule has 1 aliphatic heterocycles. The first kappa shape index (κ1) is 21.4. The number of ether oxygens (including phenoxy) is 1. The minimum Gasteiger partial charge on any atom is -0.872 e. The first-order chi connectivity index (χ1) is 13.8. The molecular weight excluding hydrogens is 412 g/mol. The van der Waals surface area contributed by atoms with Crippen molar-refractivity contribution in [3.8, 4) is 5.75 Å². The number of hydrogen-bond acceptors (Lipinski definition) is 5. The fraction of sp³-hybridized carbons (Fsp3) is 0.333. The third-order valence-corrected chi connectivity index (χ3v) is 6.05. The molecule has 1 saturated heterocycles. The molecule has 29 heavy (non-hydrogen) atoms. The topological polar surface area (TPSA) is 74.1 Å². The van der Waals surface area contributed by atoms with Crippen molar-refractivity contribution in [2.24, 2.45) is 0 Å². The fourth-order valence-corrected chi connectivity index (χ4v) is 4.51. The summed E-state index contributed by atoms with van der Waals surface area (Å²) in [7, 11) is 5.54. The average Bonchev–Trinajstić information content (AvgIpc) is 3.29. The first-order valence-corrected chi connectivity index (χ1v) is 10.5. The maximum absolute atomic E-state index is 13.3. The van der Waals surface area contributed by atoms with Crippen molar-refractivity contribution in [2.45, 2.75) is 12.5 Å². The van der Waals surface area contributed by atoms with Gasteiger partial charge in [0.25, 0.3) is 5.91 Å². The quantitative estimate of drug-likeness (QED) is 0.403. The summed E-state index contributed by atoms with van der Waals surface area (Å²) >= 11 is 7.58. The number of amides is 1. The molecule has 0 bridgehead atoms. The average molecular weight is 435 g/mol. The van der Waals surface area contributed by atoms with Gasteiger partial charge in [-0.25, -0.2) is 0 Å². The van der Waals surface area contributed by atoms with Gasteiger partial charge in [-0.2, -0.15) is 0 Å². The van der Waals surface area contributed by atoms with Gasteiger partial charge in [-0.15, -0.1) is 11.3 Å². The van der Waals surface area contributed by atoms with Crippen molar-refractivity contribution in [3.63, 3.8) is 0 Å². The third-order valence-electron chi connectivity index (χ3n) is 4.83. The number of thiophene rings is 1. The van der Waals surface area contributed by atoms with E-state index in [2.05, 4.69) is 0 Å². The summed E-state index contributed by atoms with van der Waals surface area (Å²) in [6, 6.07) is 7.63. The standard InChI is InChI=1S/C21H23ClN2O4S/c1-23(2)9-5-10-24-18(16-6-4-11-29-16)17(20(26)21(24)27)19(25)13-7-8-15(28-3)14(22)12-13/h4,6-8,11-12,18,25H,5,9-10H2,1-3H3. The summed E-state index contributed by atoms with van der Waals surface area (Å²) in [5, 5.41) is 15.4. The van der Waals surface area contributed by atoms with Crippen LogP contribution < -0.4 is 14.7 Å². The van der Waals surface area contributed by atoms with Crippen molar-refractivity contribution in [1.82, 2.24) is 4.90 Å². The normalized spacial score (nSPS) is 18.7. The van der Waals surface area contributed by atoms with Crippen LogP contribution in [-0.2, 0) is 9.59 Å². The van der Waals surface area contributed by atoms with Gasteiger partial charge < -0.3 is 19.6 Å². The molecule has 0 spiro atoms. The van der Waals surface area contributed by atoms with Gasteiger partial charge in [-0.1, -0.05) is 29.5 Å². The van der Waals surface area contributed by atoms with Gasteiger partial charge in [0.15, 0.2) is 0 Å². The number of nitrogens with one attached hydrogen (secondary N) is 1.